The van der Waals surface area contributed by atoms with Crippen molar-refractivity contribution in [2.75, 3.05) is 5.73 Å². The average Bonchev–Trinajstić information content (AvgIpc) is 2.98. The van der Waals surface area contributed by atoms with E-state index in [1.807, 2.05) is 18.2 Å². The maximum atomic E-state index is 15.5. The van der Waals surface area contributed by atoms with E-state index < -0.39 is 21.1 Å². The van der Waals surface area contributed by atoms with Crippen molar-refractivity contribution in [3.05, 3.63) is 65.5 Å². The summed E-state index contributed by atoms with van der Waals surface area (Å²) in [6.45, 7) is 2.99. The number of terminal acetylenes is 1. The fourth-order valence-corrected chi connectivity index (χ4v) is 3.97. The van der Waals surface area contributed by atoms with Crippen LogP contribution in [0.5, 0.6) is 0 Å². The highest BCUT2D eigenvalue weighted by molar-refractivity contribution is 7.90. The normalized spacial score (nSPS) is 12.5. The molecule has 0 fully saturated rings. The molecule has 3 rings (SSSR count). The van der Waals surface area contributed by atoms with Crippen LogP contribution in [0, 0.1) is 18.2 Å². The highest BCUT2D eigenvalue weighted by Gasteiger charge is 2.27. The molecule has 0 aliphatic rings. The number of aromatic nitrogens is 2. The second-order valence-electron chi connectivity index (χ2n) is 6.21. The van der Waals surface area contributed by atoms with E-state index in [9.17, 15) is 8.42 Å². The third-order valence-corrected chi connectivity index (χ3v) is 6.26. The summed E-state index contributed by atoms with van der Waals surface area (Å²) in [6, 6.07) is 12.1. The summed E-state index contributed by atoms with van der Waals surface area (Å²) >= 11 is 0. The van der Waals surface area contributed by atoms with Crippen LogP contribution in [0.15, 0.2) is 48.5 Å². The predicted molar refractivity (Wildman–Crippen MR) is 106 cm³/mol. The Balaban J connectivity index is 2.36. The molecule has 0 saturated heterocycles. The van der Waals surface area contributed by atoms with Crippen molar-refractivity contribution in [2.45, 2.75) is 19.1 Å². The Bertz CT molecular complexity index is 1190. The van der Waals surface area contributed by atoms with Crippen LogP contribution in [0.25, 0.3) is 16.6 Å². The summed E-state index contributed by atoms with van der Waals surface area (Å²) < 4.78 is 41.6. The molecule has 1 aromatic heterocycles. The van der Waals surface area contributed by atoms with Gasteiger partial charge in [0.2, 0.25) is 16.0 Å². The van der Waals surface area contributed by atoms with Gasteiger partial charge in [0, 0.05) is 11.1 Å². The molecule has 0 aliphatic heterocycles. The number of benzene rings is 2. The van der Waals surface area contributed by atoms with Crippen LogP contribution >= 0.6 is 0 Å². The van der Waals surface area contributed by atoms with E-state index in [4.69, 9.17) is 12.2 Å². The van der Waals surface area contributed by atoms with Crippen molar-refractivity contribution in [1.82, 2.24) is 8.96 Å². The van der Waals surface area contributed by atoms with Gasteiger partial charge in [0.15, 0.2) is 5.82 Å². The van der Waals surface area contributed by atoms with Crippen LogP contribution < -0.4 is 5.73 Å². The molecule has 2 N–H and O–H groups in total. The predicted octanol–water partition coefficient (Wildman–Crippen LogP) is 3.41. The standard InChI is InChI=1S/C20H18FN3O2S/c1-4-8-15(14-9-6-5-7-10-14)16-11-12-17-19(18(16)21)24(20(22)23-17)27(25,26)13(2)3/h1,5-13H,2-3H3,(H2,22,23)/b15-8+. The van der Waals surface area contributed by atoms with E-state index in [1.165, 1.54) is 32.1 Å². The van der Waals surface area contributed by atoms with Crippen molar-refractivity contribution < 1.29 is 12.8 Å². The molecule has 0 spiro atoms. The number of nitrogen functional groups attached to an aromatic ring is 1. The van der Waals surface area contributed by atoms with Gasteiger partial charge in [-0.2, -0.15) is 0 Å². The summed E-state index contributed by atoms with van der Waals surface area (Å²) in [4.78, 5) is 4.00. The lowest BCUT2D eigenvalue weighted by atomic mass is 9.96. The molecular formula is C20H18FN3O2S. The summed E-state index contributed by atoms with van der Waals surface area (Å²) in [7, 11) is -3.90. The van der Waals surface area contributed by atoms with Gasteiger partial charge in [-0.3, -0.25) is 0 Å². The van der Waals surface area contributed by atoms with E-state index in [2.05, 4.69) is 10.9 Å². The number of fused-ring (bicyclic) bond motifs is 1. The van der Waals surface area contributed by atoms with Crippen molar-refractivity contribution in [3.63, 3.8) is 0 Å². The van der Waals surface area contributed by atoms with Gasteiger partial charge in [0.25, 0.3) is 0 Å². The van der Waals surface area contributed by atoms with E-state index in [-0.39, 0.29) is 22.5 Å². The molecule has 2 aromatic carbocycles. The summed E-state index contributed by atoms with van der Waals surface area (Å²) in [6.07, 6.45) is 6.87. The number of nitrogens with zero attached hydrogens (tertiary/aromatic N) is 2. The summed E-state index contributed by atoms with van der Waals surface area (Å²) in [5.41, 5.74) is 7.12. The van der Waals surface area contributed by atoms with Crippen LogP contribution in [-0.2, 0) is 10.0 Å². The van der Waals surface area contributed by atoms with Crippen LogP contribution in [0.2, 0.25) is 0 Å². The number of rotatable bonds is 4. The first-order valence-corrected chi connectivity index (χ1v) is 9.72. The fraction of sp³-hybridized carbons (Fsp3) is 0.150. The molecule has 0 saturated carbocycles. The molecule has 0 amide bonds. The second-order valence-corrected chi connectivity index (χ2v) is 8.55. The van der Waals surface area contributed by atoms with Gasteiger partial charge in [0.1, 0.15) is 5.52 Å². The van der Waals surface area contributed by atoms with Gasteiger partial charge < -0.3 is 5.73 Å². The van der Waals surface area contributed by atoms with Gasteiger partial charge >= 0.3 is 0 Å². The van der Waals surface area contributed by atoms with E-state index >= 15 is 4.39 Å². The van der Waals surface area contributed by atoms with Gasteiger partial charge in [-0.05, 0) is 37.6 Å². The van der Waals surface area contributed by atoms with E-state index in [1.54, 1.807) is 12.1 Å². The number of anilines is 1. The third kappa shape index (κ3) is 3.09. The minimum Gasteiger partial charge on any atom is -0.368 e. The average molecular weight is 383 g/mol. The maximum absolute atomic E-state index is 15.5. The highest BCUT2D eigenvalue weighted by Crippen LogP contribution is 2.32. The Labute approximate surface area is 157 Å². The molecule has 5 nitrogen and oxygen atoms in total. The summed E-state index contributed by atoms with van der Waals surface area (Å²) in [5.74, 6) is 1.39. The van der Waals surface area contributed by atoms with Gasteiger partial charge in [-0.25, -0.2) is 21.8 Å². The van der Waals surface area contributed by atoms with Gasteiger partial charge in [-0.1, -0.05) is 36.3 Å². The number of nitrogens with two attached hydrogens (primary N) is 1. The van der Waals surface area contributed by atoms with Crippen molar-refractivity contribution in [2.24, 2.45) is 0 Å². The number of allylic oxidation sites excluding steroid dienone is 1. The smallest absolute Gasteiger partial charge is 0.244 e. The zero-order valence-corrected chi connectivity index (χ0v) is 15.7. The Morgan fingerprint density at radius 1 is 1.26 bits per heavy atom. The lowest BCUT2D eigenvalue weighted by Gasteiger charge is -2.13. The quantitative estimate of drug-likeness (QED) is 0.701. The first-order valence-electron chi connectivity index (χ1n) is 8.22. The van der Waals surface area contributed by atoms with Crippen LogP contribution in [0.3, 0.4) is 0 Å². The fourth-order valence-electron chi connectivity index (χ4n) is 2.82. The Hall–Kier alpha value is -3.11. The SMILES string of the molecule is C#C/C=C(\c1ccccc1)c1ccc2nc(N)n(S(=O)(=O)C(C)C)c2c1F. The van der Waals surface area contributed by atoms with Crippen LogP contribution in [0.4, 0.5) is 10.3 Å². The van der Waals surface area contributed by atoms with Crippen molar-refractivity contribution in [1.29, 1.82) is 0 Å². The van der Waals surface area contributed by atoms with Crippen molar-refractivity contribution >= 4 is 32.6 Å². The Kier molecular flexibility index (Phi) is 4.77. The van der Waals surface area contributed by atoms with Gasteiger partial charge in [0.05, 0.1) is 10.8 Å². The number of hydrogen-bond donors (Lipinski definition) is 1. The Morgan fingerprint density at radius 2 is 1.93 bits per heavy atom. The molecule has 3 aromatic rings. The molecular weight excluding hydrogens is 365 g/mol. The van der Waals surface area contributed by atoms with Crippen LogP contribution in [0.1, 0.15) is 25.0 Å². The molecule has 0 radical (unpaired) electrons. The first kappa shape index (κ1) is 18.7. The molecule has 1 heterocycles. The minimum atomic E-state index is -3.90. The van der Waals surface area contributed by atoms with Crippen molar-refractivity contribution in [3.8, 4) is 12.3 Å². The topological polar surface area (TPSA) is 78.0 Å². The molecule has 0 unspecified atom stereocenters. The largest absolute Gasteiger partial charge is 0.368 e. The molecule has 0 aliphatic carbocycles. The monoisotopic (exact) mass is 383 g/mol. The first-order chi connectivity index (χ1) is 12.8. The minimum absolute atomic E-state index is 0.158. The van der Waals surface area contributed by atoms with E-state index in [0.717, 1.165) is 3.97 Å². The third-order valence-electron chi connectivity index (χ3n) is 4.19. The molecule has 0 atom stereocenters. The van der Waals surface area contributed by atoms with E-state index in [0.29, 0.717) is 11.1 Å². The second kappa shape index (κ2) is 6.89. The number of halogens is 1. The zero-order chi connectivity index (χ0) is 19.8. The number of hydrogen-bond acceptors (Lipinski definition) is 4. The lowest BCUT2D eigenvalue weighted by Crippen LogP contribution is -2.24. The van der Waals surface area contributed by atoms with Gasteiger partial charge in [-0.15, -0.1) is 6.42 Å². The lowest BCUT2D eigenvalue weighted by molar-refractivity contribution is 0.578. The zero-order valence-electron chi connectivity index (χ0n) is 14.8. The molecule has 7 heteroatoms. The molecule has 0 bridgehead atoms. The molecule has 27 heavy (non-hydrogen) atoms. The Morgan fingerprint density at radius 3 is 2.52 bits per heavy atom. The highest BCUT2D eigenvalue weighted by atomic mass is 32.2. The summed E-state index contributed by atoms with van der Waals surface area (Å²) in [5, 5.41) is -0.796. The van der Waals surface area contributed by atoms with Crippen LogP contribution in [-0.4, -0.2) is 22.6 Å². The molecule has 138 valence electrons. The number of imidazole rings is 1. The maximum Gasteiger partial charge on any atom is 0.244 e.